The van der Waals surface area contributed by atoms with Crippen molar-refractivity contribution in [2.45, 2.75) is 18.9 Å². The summed E-state index contributed by atoms with van der Waals surface area (Å²) in [6.07, 6.45) is 4.87. The minimum Gasteiger partial charge on any atom is -0.480 e. The van der Waals surface area contributed by atoms with E-state index >= 15 is 0 Å². The van der Waals surface area contributed by atoms with Crippen LogP contribution in [0.1, 0.15) is 23.2 Å². The van der Waals surface area contributed by atoms with Gasteiger partial charge in [-0.1, -0.05) is 12.1 Å². The largest absolute Gasteiger partial charge is 0.480 e. The van der Waals surface area contributed by atoms with Crippen molar-refractivity contribution < 1.29 is 19.1 Å². The zero-order valence-electron chi connectivity index (χ0n) is 11.3. The molecule has 1 aromatic carbocycles. The van der Waals surface area contributed by atoms with Crippen molar-refractivity contribution in [1.29, 1.82) is 0 Å². The number of carbonyl (C=O) groups is 2. The van der Waals surface area contributed by atoms with Crippen LogP contribution in [0.15, 0.2) is 47.3 Å². The van der Waals surface area contributed by atoms with Crippen molar-refractivity contribution in [2.24, 2.45) is 5.92 Å². The van der Waals surface area contributed by atoms with Gasteiger partial charge in [-0.2, -0.15) is 0 Å². The smallest absolute Gasteiger partial charge is 0.326 e. The topological polar surface area (TPSA) is 79.5 Å². The third-order valence-corrected chi connectivity index (χ3v) is 3.63. The number of hydrogen-bond donors (Lipinski definition) is 2. The van der Waals surface area contributed by atoms with Gasteiger partial charge in [-0.05, 0) is 42.5 Å². The fourth-order valence-corrected chi connectivity index (χ4v) is 2.30. The van der Waals surface area contributed by atoms with E-state index in [4.69, 9.17) is 9.52 Å². The van der Waals surface area contributed by atoms with Gasteiger partial charge in [-0.3, -0.25) is 4.79 Å². The molecule has 1 heterocycles. The molecule has 2 aromatic rings. The lowest BCUT2D eigenvalue weighted by Gasteiger charge is -2.13. The number of amides is 1. The monoisotopic (exact) mass is 285 g/mol. The van der Waals surface area contributed by atoms with E-state index in [1.165, 1.54) is 0 Å². The highest BCUT2D eigenvalue weighted by Gasteiger charge is 2.37. The number of furan rings is 1. The van der Waals surface area contributed by atoms with Gasteiger partial charge in [0.05, 0.1) is 12.5 Å². The molecule has 1 saturated carbocycles. The molecular formula is C16H15NO4. The maximum absolute atomic E-state index is 12.2. The van der Waals surface area contributed by atoms with Gasteiger partial charge in [0.1, 0.15) is 6.04 Å². The standard InChI is InChI=1S/C16H15NO4/c18-15(17-14(16(19)20)10-4-5-10)12-3-1-2-11(8-12)13-6-7-21-9-13/h1-3,6-10,14H,4-5H2,(H,17,18)(H,19,20). The third-order valence-electron chi connectivity index (χ3n) is 3.63. The summed E-state index contributed by atoms with van der Waals surface area (Å²) in [6, 6.07) is 8.05. The molecule has 1 aliphatic carbocycles. The molecule has 1 aromatic heterocycles. The number of carboxylic acids is 1. The summed E-state index contributed by atoms with van der Waals surface area (Å²) >= 11 is 0. The van der Waals surface area contributed by atoms with Crippen LogP contribution in [0.4, 0.5) is 0 Å². The molecule has 1 unspecified atom stereocenters. The van der Waals surface area contributed by atoms with E-state index in [1.807, 2.05) is 6.07 Å². The van der Waals surface area contributed by atoms with Crippen LogP contribution in [0.5, 0.6) is 0 Å². The van der Waals surface area contributed by atoms with Gasteiger partial charge in [0.15, 0.2) is 0 Å². The molecule has 0 aliphatic heterocycles. The van der Waals surface area contributed by atoms with Crippen LogP contribution in [0, 0.1) is 5.92 Å². The highest BCUT2D eigenvalue weighted by molar-refractivity contribution is 5.97. The Morgan fingerprint density at radius 3 is 2.67 bits per heavy atom. The van der Waals surface area contributed by atoms with E-state index in [9.17, 15) is 9.59 Å². The maximum Gasteiger partial charge on any atom is 0.326 e. The molecule has 1 aliphatic rings. The molecule has 1 amide bonds. The lowest BCUT2D eigenvalue weighted by Crippen LogP contribution is -2.42. The molecule has 0 bridgehead atoms. The van der Waals surface area contributed by atoms with E-state index in [1.54, 1.807) is 36.8 Å². The molecule has 0 radical (unpaired) electrons. The highest BCUT2D eigenvalue weighted by atomic mass is 16.4. The van der Waals surface area contributed by atoms with Gasteiger partial charge in [-0.15, -0.1) is 0 Å². The summed E-state index contributed by atoms with van der Waals surface area (Å²) in [7, 11) is 0. The Kier molecular flexibility index (Phi) is 3.48. The normalized spacial score (nSPS) is 15.4. The Morgan fingerprint density at radius 2 is 2.05 bits per heavy atom. The van der Waals surface area contributed by atoms with Gasteiger partial charge in [-0.25, -0.2) is 4.79 Å². The van der Waals surface area contributed by atoms with Crippen molar-refractivity contribution in [1.82, 2.24) is 5.32 Å². The lowest BCUT2D eigenvalue weighted by molar-refractivity contribution is -0.139. The Labute approximate surface area is 121 Å². The van der Waals surface area contributed by atoms with Crippen LogP contribution in [-0.4, -0.2) is 23.0 Å². The van der Waals surface area contributed by atoms with Crippen LogP contribution in [0.3, 0.4) is 0 Å². The first-order valence-electron chi connectivity index (χ1n) is 6.81. The average Bonchev–Trinajstić information content (AvgIpc) is 3.17. The molecule has 2 N–H and O–H groups in total. The highest BCUT2D eigenvalue weighted by Crippen LogP contribution is 2.33. The van der Waals surface area contributed by atoms with Crippen molar-refractivity contribution >= 4 is 11.9 Å². The van der Waals surface area contributed by atoms with E-state index < -0.39 is 12.0 Å². The molecule has 1 atom stereocenters. The molecular weight excluding hydrogens is 270 g/mol. The molecule has 0 spiro atoms. The van der Waals surface area contributed by atoms with E-state index in [-0.39, 0.29) is 11.8 Å². The second-order valence-electron chi connectivity index (χ2n) is 5.22. The number of nitrogens with one attached hydrogen (secondary N) is 1. The van der Waals surface area contributed by atoms with Crippen molar-refractivity contribution in [3.05, 3.63) is 48.4 Å². The predicted octanol–water partition coefficient (Wildman–Crippen LogP) is 2.54. The quantitative estimate of drug-likeness (QED) is 0.884. The van der Waals surface area contributed by atoms with Gasteiger partial charge >= 0.3 is 5.97 Å². The molecule has 108 valence electrons. The van der Waals surface area contributed by atoms with Gasteiger partial charge in [0.25, 0.3) is 5.91 Å². The summed E-state index contributed by atoms with van der Waals surface area (Å²) < 4.78 is 5.03. The minimum atomic E-state index is -0.975. The Morgan fingerprint density at radius 1 is 1.24 bits per heavy atom. The first-order chi connectivity index (χ1) is 10.1. The number of rotatable bonds is 5. The van der Waals surface area contributed by atoms with Crippen molar-refractivity contribution in [2.75, 3.05) is 0 Å². The first kappa shape index (κ1) is 13.4. The van der Waals surface area contributed by atoms with Gasteiger partial charge in [0.2, 0.25) is 0 Å². The van der Waals surface area contributed by atoms with Crippen LogP contribution in [0.2, 0.25) is 0 Å². The lowest BCUT2D eigenvalue weighted by atomic mass is 10.0. The maximum atomic E-state index is 12.2. The molecule has 5 heteroatoms. The fourth-order valence-electron chi connectivity index (χ4n) is 2.30. The minimum absolute atomic E-state index is 0.0588. The van der Waals surface area contributed by atoms with Crippen molar-refractivity contribution in [3.63, 3.8) is 0 Å². The second kappa shape index (κ2) is 5.44. The predicted molar refractivity (Wildman–Crippen MR) is 75.8 cm³/mol. The van der Waals surface area contributed by atoms with E-state index in [0.717, 1.165) is 24.0 Å². The molecule has 0 saturated heterocycles. The van der Waals surface area contributed by atoms with Crippen LogP contribution in [-0.2, 0) is 4.79 Å². The third kappa shape index (κ3) is 2.97. The SMILES string of the molecule is O=C(NC(C(=O)O)C1CC1)c1cccc(-c2ccoc2)c1. The summed E-state index contributed by atoms with van der Waals surface area (Å²) in [5, 5.41) is 11.8. The fraction of sp³-hybridized carbons (Fsp3) is 0.250. The second-order valence-corrected chi connectivity index (χ2v) is 5.22. The number of hydrogen-bond acceptors (Lipinski definition) is 3. The Hall–Kier alpha value is -2.56. The van der Waals surface area contributed by atoms with Crippen LogP contribution in [0.25, 0.3) is 11.1 Å². The number of aliphatic carboxylic acids is 1. The molecule has 21 heavy (non-hydrogen) atoms. The molecule has 1 fully saturated rings. The van der Waals surface area contributed by atoms with Gasteiger partial charge < -0.3 is 14.8 Å². The Bertz CT molecular complexity index is 659. The Balaban J connectivity index is 1.78. The summed E-state index contributed by atoms with van der Waals surface area (Å²) in [5.41, 5.74) is 2.18. The average molecular weight is 285 g/mol. The molecule has 3 rings (SSSR count). The zero-order valence-corrected chi connectivity index (χ0v) is 11.3. The summed E-state index contributed by atoms with van der Waals surface area (Å²) in [4.78, 5) is 23.4. The van der Waals surface area contributed by atoms with Gasteiger partial charge in [0, 0.05) is 11.1 Å². The first-order valence-corrected chi connectivity index (χ1v) is 6.81. The summed E-state index contributed by atoms with van der Waals surface area (Å²) in [5.74, 6) is -1.28. The van der Waals surface area contributed by atoms with Crippen LogP contribution >= 0.6 is 0 Å². The number of carbonyl (C=O) groups excluding carboxylic acids is 1. The van der Waals surface area contributed by atoms with E-state index in [2.05, 4.69) is 5.32 Å². The number of benzene rings is 1. The number of carboxylic acid groups (broad SMARTS) is 1. The molecule has 5 nitrogen and oxygen atoms in total. The summed E-state index contributed by atoms with van der Waals surface area (Å²) in [6.45, 7) is 0. The van der Waals surface area contributed by atoms with E-state index in [0.29, 0.717) is 5.56 Å². The zero-order chi connectivity index (χ0) is 14.8. The van der Waals surface area contributed by atoms with Crippen molar-refractivity contribution in [3.8, 4) is 11.1 Å². The van der Waals surface area contributed by atoms with Crippen LogP contribution < -0.4 is 5.32 Å².